The van der Waals surface area contributed by atoms with Gasteiger partial charge in [-0.25, -0.2) is 4.39 Å². The molecule has 0 amide bonds. The number of hydrogen-bond donors (Lipinski definition) is 0. The van der Waals surface area contributed by atoms with E-state index in [9.17, 15) is 0 Å². The molecular formula is C17H24FN. The van der Waals surface area contributed by atoms with Crippen LogP contribution < -0.4 is 0 Å². The first kappa shape index (κ1) is 14.3. The molecule has 0 aliphatic carbocycles. The maximum atomic E-state index is 15.0. The van der Waals surface area contributed by atoms with Crippen molar-refractivity contribution in [3.8, 4) is 0 Å². The summed E-state index contributed by atoms with van der Waals surface area (Å²) in [5, 5.41) is 0. The number of alkyl halides is 1. The van der Waals surface area contributed by atoms with E-state index in [-0.39, 0.29) is 5.92 Å². The second kappa shape index (κ2) is 5.87. The van der Waals surface area contributed by atoms with Crippen LogP contribution in [0, 0.1) is 11.8 Å². The molecule has 0 spiro atoms. The lowest BCUT2D eigenvalue weighted by molar-refractivity contribution is 0.00328. The number of benzene rings is 1. The third-order valence-electron chi connectivity index (χ3n) is 4.23. The number of piperidine rings is 1. The van der Waals surface area contributed by atoms with Gasteiger partial charge in [-0.15, -0.1) is 0 Å². The van der Waals surface area contributed by atoms with Gasteiger partial charge < -0.3 is 0 Å². The lowest BCUT2D eigenvalue weighted by Gasteiger charge is -2.43. The standard InChI is InChI=1S/C17H24FN/c1-4-17(18)13-19(11-10-16(17)14(2)3)12-15-8-6-5-7-9-15/h4-9,14,16H,1,10-13H2,2-3H3. The van der Waals surface area contributed by atoms with Crippen LogP contribution in [0.15, 0.2) is 43.0 Å². The predicted molar refractivity (Wildman–Crippen MR) is 78.7 cm³/mol. The number of nitrogens with zero attached hydrogens (tertiary/aromatic N) is 1. The van der Waals surface area contributed by atoms with E-state index in [1.807, 2.05) is 18.2 Å². The summed E-state index contributed by atoms with van der Waals surface area (Å²) < 4.78 is 15.0. The molecule has 2 unspecified atom stereocenters. The van der Waals surface area contributed by atoms with Crippen molar-refractivity contribution >= 4 is 0 Å². The molecule has 0 N–H and O–H groups in total. The SMILES string of the molecule is C=CC1(F)CN(Cc2ccccc2)CCC1C(C)C. The zero-order valence-corrected chi connectivity index (χ0v) is 12.0. The average Bonchev–Trinajstić information content (AvgIpc) is 2.39. The van der Waals surface area contributed by atoms with Gasteiger partial charge in [-0.1, -0.05) is 56.8 Å². The molecule has 1 aromatic carbocycles. The summed E-state index contributed by atoms with van der Waals surface area (Å²) in [4.78, 5) is 2.20. The minimum Gasteiger partial charge on any atom is -0.296 e. The van der Waals surface area contributed by atoms with Gasteiger partial charge in [0.1, 0.15) is 5.67 Å². The van der Waals surface area contributed by atoms with Crippen molar-refractivity contribution in [1.29, 1.82) is 0 Å². The summed E-state index contributed by atoms with van der Waals surface area (Å²) in [5.41, 5.74) is -0.00167. The molecule has 1 aliphatic rings. The quantitative estimate of drug-likeness (QED) is 0.739. The first-order chi connectivity index (χ1) is 9.05. The number of halogens is 1. The highest BCUT2D eigenvalue weighted by Gasteiger charge is 2.42. The molecule has 1 saturated heterocycles. The zero-order chi connectivity index (χ0) is 13.9. The molecule has 2 atom stereocenters. The Hall–Kier alpha value is -1.15. The van der Waals surface area contributed by atoms with Crippen LogP contribution in [0.5, 0.6) is 0 Å². The van der Waals surface area contributed by atoms with Gasteiger partial charge in [-0.2, -0.15) is 0 Å². The molecule has 0 bridgehead atoms. The van der Waals surface area contributed by atoms with Gasteiger partial charge in [0.15, 0.2) is 0 Å². The molecule has 1 nitrogen and oxygen atoms in total. The van der Waals surface area contributed by atoms with E-state index in [0.717, 1.165) is 19.5 Å². The Balaban J connectivity index is 2.05. The lowest BCUT2D eigenvalue weighted by atomic mass is 9.76. The molecule has 1 heterocycles. The van der Waals surface area contributed by atoms with E-state index in [0.29, 0.717) is 12.5 Å². The maximum absolute atomic E-state index is 15.0. The fraction of sp³-hybridized carbons (Fsp3) is 0.529. The van der Waals surface area contributed by atoms with E-state index in [1.165, 1.54) is 11.6 Å². The fourth-order valence-electron chi connectivity index (χ4n) is 3.18. The summed E-state index contributed by atoms with van der Waals surface area (Å²) in [6.45, 7) is 10.2. The van der Waals surface area contributed by atoms with Crippen molar-refractivity contribution in [2.45, 2.75) is 32.5 Å². The summed E-state index contributed by atoms with van der Waals surface area (Å²) >= 11 is 0. The van der Waals surface area contributed by atoms with Crippen molar-refractivity contribution in [1.82, 2.24) is 4.90 Å². The van der Waals surface area contributed by atoms with E-state index in [2.05, 4.69) is 37.5 Å². The second-order valence-electron chi connectivity index (χ2n) is 5.97. The first-order valence-electron chi connectivity index (χ1n) is 7.14. The van der Waals surface area contributed by atoms with Gasteiger partial charge in [-0.3, -0.25) is 4.90 Å². The maximum Gasteiger partial charge on any atom is 0.144 e. The molecule has 1 fully saturated rings. The van der Waals surface area contributed by atoms with Gasteiger partial charge in [0.05, 0.1) is 0 Å². The predicted octanol–water partition coefficient (Wildman–Crippen LogP) is 4.06. The van der Waals surface area contributed by atoms with Gasteiger partial charge in [0.2, 0.25) is 0 Å². The van der Waals surface area contributed by atoms with Crippen LogP contribution in [0.3, 0.4) is 0 Å². The Morgan fingerprint density at radius 2 is 2.11 bits per heavy atom. The highest BCUT2D eigenvalue weighted by molar-refractivity contribution is 5.15. The Labute approximate surface area is 116 Å². The van der Waals surface area contributed by atoms with Crippen molar-refractivity contribution in [2.24, 2.45) is 11.8 Å². The topological polar surface area (TPSA) is 3.24 Å². The molecule has 2 heteroatoms. The molecule has 0 aromatic heterocycles. The summed E-state index contributed by atoms with van der Waals surface area (Å²) in [5.74, 6) is 0.457. The molecule has 0 saturated carbocycles. The average molecular weight is 261 g/mol. The molecule has 1 aromatic rings. The minimum absolute atomic E-state index is 0.0945. The van der Waals surface area contributed by atoms with Crippen LogP contribution in [0.4, 0.5) is 4.39 Å². The largest absolute Gasteiger partial charge is 0.296 e. The first-order valence-corrected chi connectivity index (χ1v) is 7.14. The van der Waals surface area contributed by atoms with Crippen molar-refractivity contribution < 1.29 is 4.39 Å². The normalized spacial score (nSPS) is 28.5. The summed E-state index contributed by atoms with van der Waals surface area (Å²) in [6, 6.07) is 10.3. The molecule has 104 valence electrons. The van der Waals surface area contributed by atoms with Gasteiger partial charge in [0, 0.05) is 19.0 Å². The zero-order valence-electron chi connectivity index (χ0n) is 12.0. The monoisotopic (exact) mass is 261 g/mol. The third kappa shape index (κ3) is 3.24. The van der Waals surface area contributed by atoms with Crippen molar-refractivity contribution in [2.75, 3.05) is 13.1 Å². The molecule has 0 radical (unpaired) electrons. The van der Waals surface area contributed by atoms with E-state index in [4.69, 9.17) is 0 Å². The van der Waals surface area contributed by atoms with Crippen molar-refractivity contribution in [3.63, 3.8) is 0 Å². The second-order valence-corrected chi connectivity index (χ2v) is 5.97. The summed E-state index contributed by atoms with van der Waals surface area (Å²) in [7, 11) is 0. The van der Waals surface area contributed by atoms with Crippen LogP contribution in [0.25, 0.3) is 0 Å². The highest BCUT2D eigenvalue weighted by Crippen LogP contribution is 2.37. The van der Waals surface area contributed by atoms with Crippen LogP contribution >= 0.6 is 0 Å². The number of likely N-dealkylation sites (tertiary alicyclic amines) is 1. The third-order valence-corrected chi connectivity index (χ3v) is 4.23. The number of hydrogen-bond acceptors (Lipinski definition) is 1. The molecule has 1 aliphatic heterocycles. The molecule has 2 rings (SSSR count). The minimum atomic E-state index is -1.25. The van der Waals surface area contributed by atoms with E-state index < -0.39 is 5.67 Å². The van der Waals surface area contributed by atoms with E-state index >= 15 is 4.39 Å². The van der Waals surface area contributed by atoms with Crippen LogP contribution in [-0.2, 0) is 6.54 Å². The molecule has 19 heavy (non-hydrogen) atoms. The smallest absolute Gasteiger partial charge is 0.144 e. The van der Waals surface area contributed by atoms with Crippen molar-refractivity contribution in [3.05, 3.63) is 48.6 Å². The lowest BCUT2D eigenvalue weighted by Crippen LogP contribution is -2.51. The molecular weight excluding hydrogens is 237 g/mol. The van der Waals surface area contributed by atoms with E-state index in [1.54, 1.807) is 0 Å². The Morgan fingerprint density at radius 3 is 2.68 bits per heavy atom. The Kier molecular flexibility index (Phi) is 4.41. The van der Waals surface area contributed by atoms with Gasteiger partial charge >= 0.3 is 0 Å². The Bertz CT molecular complexity index is 415. The Morgan fingerprint density at radius 1 is 1.42 bits per heavy atom. The summed E-state index contributed by atoms with van der Waals surface area (Å²) in [6.07, 6.45) is 2.43. The number of rotatable bonds is 4. The van der Waals surface area contributed by atoms with Crippen LogP contribution in [0.2, 0.25) is 0 Å². The van der Waals surface area contributed by atoms with Gasteiger partial charge in [0.25, 0.3) is 0 Å². The van der Waals surface area contributed by atoms with Crippen LogP contribution in [0.1, 0.15) is 25.8 Å². The highest BCUT2D eigenvalue weighted by atomic mass is 19.1. The fourth-order valence-corrected chi connectivity index (χ4v) is 3.18. The van der Waals surface area contributed by atoms with Crippen LogP contribution in [-0.4, -0.2) is 23.7 Å². The van der Waals surface area contributed by atoms with Gasteiger partial charge in [-0.05, 0) is 24.4 Å².